The third-order valence-electron chi connectivity index (χ3n) is 5.74. The Bertz CT molecular complexity index is 1130. The first kappa shape index (κ1) is 23.4. The fourth-order valence-corrected chi connectivity index (χ4v) is 3.92. The Morgan fingerprint density at radius 1 is 1.32 bits per heavy atom. The van der Waals surface area contributed by atoms with Crippen LogP contribution < -0.4 is 15.5 Å². The first-order valence-electron chi connectivity index (χ1n) is 11.6. The molecule has 1 aromatic heterocycles. The Labute approximate surface area is 199 Å². The number of unbranched alkanes of at least 4 members (excludes halogenated alkanes) is 2. The maximum absolute atomic E-state index is 14.8. The number of amides is 1. The molecule has 8 heteroatoms. The van der Waals surface area contributed by atoms with Crippen LogP contribution in [0.5, 0.6) is 0 Å². The van der Waals surface area contributed by atoms with E-state index >= 15 is 0 Å². The van der Waals surface area contributed by atoms with Gasteiger partial charge in [-0.1, -0.05) is 25.5 Å². The van der Waals surface area contributed by atoms with Gasteiger partial charge in [-0.3, -0.25) is 4.79 Å². The van der Waals surface area contributed by atoms with Gasteiger partial charge in [-0.25, -0.2) is 9.37 Å². The van der Waals surface area contributed by atoms with Gasteiger partial charge in [0.05, 0.1) is 17.5 Å². The van der Waals surface area contributed by atoms with Gasteiger partial charge in [-0.2, -0.15) is 10.2 Å². The molecule has 1 amide bonds. The van der Waals surface area contributed by atoms with Gasteiger partial charge < -0.3 is 15.5 Å². The van der Waals surface area contributed by atoms with Gasteiger partial charge in [0.2, 0.25) is 0 Å². The molecule has 0 spiro atoms. The second kappa shape index (κ2) is 11.4. The van der Waals surface area contributed by atoms with Crippen molar-refractivity contribution in [1.29, 1.82) is 0 Å². The van der Waals surface area contributed by atoms with Crippen LogP contribution in [0.3, 0.4) is 0 Å². The summed E-state index contributed by atoms with van der Waals surface area (Å²) in [6.07, 6.45) is 13.9. The first-order chi connectivity index (χ1) is 16.6. The summed E-state index contributed by atoms with van der Waals surface area (Å²) in [5.41, 5.74) is 2.60. The van der Waals surface area contributed by atoms with Crippen LogP contribution in [0.15, 0.2) is 70.7 Å². The lowest BCUT2D eigenvalue weighted by atomic mass is 9.96. The summed E-state index contributed by atoms with van der Waals surface area (Å²) in [6.45, 7) is 3.46. The fourth-order valence-electron chi connectivity index (χ4n) is 3.92. The maximum Gasteiger partial charge on any atom is 0.256 e. The Hall–Kier alpha value is -3.81. The number of pyridine rings is 1. The average molecular weight is 461 g/mol. The van der Waals surface area contributed by atoms with Crippen molar-refractivity contribution in [2.45, 2.75) is 45.3 Å². The number of benzene rings is 1. The van der Waals surface area contributed by atoms with Crippen molar-refractivity contribution < 1.29 is 9.18 Å². The summed E-state index contributed by atoms with van der Waals surface area (Å²) >= 11 is 0. The highest BCUT2D eigenvalue weighted by atomic mass is 19.1. The number of anilines is 1. The Kier molecular flexibility index (Phi) is 7.80. The van der Waals surface area contributed by atoms with Gasteiger partial charge in [-0.05, 0) is 66.8 Å². The molecule has 2 aliphatic heterocycles. The lowest BCUT2D eigenvalue weighted by Crippen LogP contribution is -2.45. The zero-order valence-corrected chi connectivity index (χ0v) is 19.2. The number of dihydropyridines is 1. The standard InChI is InChI=1S/C26H29FN6O/c1-2-3-5-13-29-30-17-21-8-7-9-24(31-21)32-26(34)22-15-20-18-33(25-10-4-6-12-28-25)14-11-19(20)16-23(22)27/h4,6-10,12-13,15-17,24,31H,2-3,5,11,14,18H2,1H3,(H,32,34)/b29-13+,30-17+. The second-order valence-electron chi connectivity index (χ2n) is 8.25. The molecule has 1 atom stereocenters. The zero-order valence-electron chi connectivity index (χ0n) is 19.2. The lowest BCUT2D eigenvalue weighted by Gasteiger charge is -2.30. The summed E-state index contributed by atoms with van der Waals surface area (Å²) in [5.74, 6) is -0.120. The third kappa shape index (κ3) is 5.95. The number of halogens is 1. The van der Waals surface area contributed by atoms with Crippen LogP contribution in [0.4, 0.5) is 10.2 Å². The molecule has 2 N–H and O–H groups in total. The van der Waals surface area contributed by atoms with E-state index in [1.54, 1.807) is 30.8 Å². The van der Waals surface area contributed by atoms with Crippen LogP contribution in [0, 0.1) is 5.82 Å². The summed E-state index contributed by atoms with van der Waals surface area (Å²) < 4.78 is 14.8. The predicted octanol–water partition coefficient (Wildman–Crippen LogP) is 4.13. The van der Waals surface area contributed by atoms with Crippen LogP contribution in [0.2, 0.25) is 0 Å². The van der Waals surface area contributed by atoms with Crippen molar-refractivity contribution in [2.24, 2.45) is 10.2 Å². The van der Waals surface area contributed by atoms with Gasteiger partial charge in [-0.15, -0.1) is 0 Å². The van der Waals surface area contributed by atoms with Crippen LogP contribution in [-0.2, 0) is 13.0 Å². The molecule has 34 heavy (non-hydrogen) atoms. The van der Waals surface area contributed by atoms with Crippen molar-refractivity contribution in [3.8, 4) is 0 Å². The van der Waals surface area contributed by atoms with E-state index < -0.39 is 17.9 Å². The molecule has 4 rings (SSSR count). The van der Waals surface area contributed by atoms with Gasteiger partial charge in [0, 0.05) is 25.5 Å². The van der Waals surface area contributed by atoms with E-state index in [9.17, 15) is 9.18 Å². The molecule has 1 aromatic carbocycles. The predicted molar refractivity (Wildman–Crippen MR) is 134 cm³/mol. The molecule has 2 aliphatic rings. The number of fused-ring (bicyclic) bond motifs is 1. The quantitative estimate of drug-likeness (QED) is 0.353. The summed E-state index contributed by atoms with van der Waals surface area (Å²) in [5, 5.41) is 14.0. The van der Waals surface area contributed by atoms with Crippen LogP contribution in [0.1, 0.15) is 47.7 Å². The minimum atomic E-state index is -0.513. The second-order valence-corrected chi connectivity index (χ2v) is 8.25. The van der Waals surface area contributed by atoms with Crippen molar-refractivity contribution in [1.82, 2.24) is 15.6 Å². The lowest BCUT2D eigenvalue weighted by molar-refractivity contribution is 0.0936. The first-order valence-corrected chi connectivity index (χ1v) is 11.6. The van der Waals surface area contributed by atoms with Gasteiger partial charge in [0.25, 0.3) is 5.91 Å². The molecule has 1 unspecified atom stereocenters. The molecule has 0 aliphatic carbocycles. The minimum absolute atomic E-state index is 0.0297. The topological polar surface area (TPSA) is 82.0 Å². The fraction of sp³-hybridized carbons (Fsp3) is 0.308. The smallest absolute Gasteiger partial charge is 0.256 e. The summed E-state index contributed by atoms with van der Waals surface area (Å²) in [6, 6.07) is 8.91. The Balaban J connectivity index is 1.39. The van der Waals surface area contributed by atoms with E-state index in [1.807, 2.05) is 30.4 Å². The molecular formula is C26H29FN6O. The molecule has 0 bridgehead atoms. The number of hydrogen-bond acceptors (Lipinski definition) is 6. The third-order valence-corrected chi connectivity index (χ3v) is 5.74. The normalized spacial score (nSPS) is 17.5. The summed E-state index contributed by atoms with van der Waals surface area (Å²) in [7, 11) is 0. The average Bonchev–Trinajstić information content (AvgIpc) is 2.86. The molecular weight excluding hydrogens is 431 g/mol. The highest BCUT2D eigenvalue weighted by molar-refractivity contribution is 5.95. The summed E-state index contributed by atoms with van der Waals surface area (Å²) in [4.78, 5) is 19.5. The van der Waals surface area contributed by atoms with E-state index in [0.717, 1.165) is 42.8 Å². The largest absolute Gasteiger partial charge is 0.361 e. The van der Waals surface area contributed by atoms with Crippen molar-refractivity contribution in [2.75, 3.05) is 11.4 Å². The van der Waals surface area contributed by atoms with E-state index in [4.69, 9.17) is 0 Å². The molecule has 176 valence electrons. The number of nitrogens with one attached hydrogen (secondary N) is 2. The number of allylic oxidation sites excluding steroid dienone is 3. The van der Waals surface area contributed by atoms with E-state index in [2.05, 4.69) is 37.6 Å². The number of aromatic nitrogens is 1. The van der Waals surface area contributed by atoms with Crippen LogP contribution in [0.25, 0.3) is 0 Å². The zero-order chi connectivity index (χ0) is 23.8. The molecule has 7 nitrogen and oxygen atoms in total. The molecule has 3 heterocycles. The minimum Gasteiger partial charge on any atom is -0.361 e. The van der Waals surface area contributed by atoms with E-state index in [0.29, 0.717) is 18.7 Å². The number of hydrogen-bond donors (Lipinski definition) is 2. The van der Waals surface area contributed by atoms with E-state index in [1.165, 1.54) is 6.07 Å². The number of nitrogens with zero attached hydrogens (tertiary/aromatic N) is 4. The van der Waals surface area contributed by atoms with Crippen molar-refractivity contribution >= 4 is 24.2 Å². The van der Waals surface area contributed by atoms with Crippen LogP contribution >= 0.6 is 0 Å². The van der Waals surface area contributed by atoms with Gasteiger partial charge in [0.1, 0.15) is 17.8 Å². The highest BCUT2D eigenvalue weighted by Gasteiger charge is 2.23. The molecule has 0 saturated carbocycles. The Morgan fingerprint density at radius 3 is 3.06 bits per heavy atom. The van der Waals surface area contributed by atoms with Crippen LogP contribution in [-0.4, -0.2) is 36.0 Å². The monoisotopic (exact) mass is 460 g/mol. The molecule has 2 aromatic rings. The van der Waals surface area contributed by atoms with Gasteiger partial charge >= 0.3 is 0 Å². The molecule has 0 fully saturated rings. The van der Waals surface area contributed by atoms with E-state index in [-0.39, 0.29) is 5.56 Å². The molecule has 0 radical (unpaired) electrons. The van der Waals surface area contributed by atoms with Crippen molar-refractivity contribution in [3.05, 3.63) is 83.0 Å². The SMILES string of the molecule is CCCC/C=N/N=C/C1=CC=CC(NC(=O)c2cc3c(cc2F)CCN(c2ccccn2)C3)N1. The number of rotatable bonds is 8. The maximum atomic E-state index is 14.8. The number of carbonyl (C=O) groups excluding carboxylic acids is 1. The van der Waals surface area contributed by atoms with Crippen molar-refractivity contribution in [3.63, 3.8) is 0 Å². The number of carbonyl (C=O) groups is 1. The molecule has 0 saturated heterocycles. The van der Waals surface area contributed by atoms with Gasteiger partial charge in [0.15, 0.2) is 0 Å². The highest BCUT2D eigenvalue weighted by Crippen LogP contribution is 2.25. The Morgan fingerprint density at radius 2 is 2.24 bits per heavy atom.